The molecule has 0 atom stereocenters. The fourth-order valence-corrected chi connectivity index (χ4v) is 8.69. The maximum atomic E-state index is 14.5. The van der Waals surface area contributed by atoms with Gasteiger partial charge in [-0.15, -0.1) is 0 Å². The third-order valence-electron chi connectivity index (χ3n) is 10.8. The number of nitrogens with zero attached hydrogens (tertiary/aromatic N) is 6. The van der Waals surface area contributed by atoms with E-state index in [0.29, 0.717) is 45.6 Å². The molecule has 16 nitrogen and oxygen atoms in total. The Morgan fingerprint density at radius 2 is 1.16 bits per heavy atom. The lowest BCUT2D eigenvalue weighted by molar-refractivity contribution is -0.118. The highest BCUT2D eigenvalue weighted by Gasteiger charge is 2.29. The first kappa shape index (κ1) is 50.3. The zero-order chi connectivity index (χ0) is 48.8. The van der Waals surface area contributed by atoms with E-state index in [9.17, 15) is 35.2 Å². The lowest BCUT2D eigenvalue weighted by Crippen LogP contribution is -2.32. The summed E-state index contributed by atoms with van der Waals surface area (Å²) >= 11 is 5.58. The number of sulfonamides is 2. The van der Waals surface area contributed by atoms with Crippen LogP contribution in [0.3, 0.4) is 0 Å². The number of benzene rings is 2. The number of ether oxygens (including phenoxy) is 2. The first-order chi connectivity index (χ1) is 31.7. The molecule has 6 aromatic rings. The van der Waals surface area contributed by atoms with Crippen LogP contribution in [-0.2, 0) is 42.5 Å². The first-order valence-corrected chi connectivity index (χ1v) is 24.6. The van der Waals surface area contributed by atoms with Crippen LogP contribution in [0, 0.1) is 11.6 Å². The fraction of sp³-hybridized carbons (Fsp3) is 0.348. The Hall–Kier alpha value is -6.09. The third kappa shape index (κ3) is 13.3. The Morgan fingerprint density at radius 3 is 1.55 bits per heavy atom. The van der Waals surface area contributed by atoms with Crippen LogP contribution in [-0.4, -0.2) is 71.7 Å². The molecule has 356 valence electrons. The molecule has 67 heavy (non-hydrogen) atoms. The molecular weight excluding hydrogens is 930 g/mol. The van der Waals surface area contributed by atoms with Crippen LogP contribution in [0.15, 0.2) is 95.5 Å². The van der Waals surface area contributed by atoms with Crippen LogP contribution in [0.25, 0.3) is 22.3 Å². The van der Waals surface area contributed by atoms with Crippen LogP contribution in [0.1, 0.15) is 99.6 Å². The van der Waals surface area contributed by atoms with E-state index in [1.165, 1.54) is 69.5 Å². The average molecular weight is 982 g/mol. The molecule has 2 aliphatic carbocycles. The van der Waals surface area contributed by atoms with Gasteiger partial charge in [-0.05, 0) is 130 Å². The molecule has 4 heterocycles. The maximum Gasteiger partial charge on any atom is 0.267 e. The minimum Gasteiger partial charge on any atom is -0.481 e. The van der Waals surface area contributed by atoms with E-state index < -0.39 is 37.0 Å². The second kappa shape index (κ2) is 21.3. The molecule has 0 aliphatic heterocycles. The molecule has 8 rings (SSSR count). The van der Waals surface area contributed by atoms with Crippen molar-refractivity contribution in [2.24, 2.45) is 5.14 Å². The van der Waals surface area contributed by atoms with Crippen molar-refractivity contribution in [2.45, 2.75) is 99.9 Å². The summed E-state index contributed by atoms with van der Waals surface area (Å²) in [6, 6.07) is 13.0. The Morgan fingerprint density at radius 1 is 0.731 bits per heavy atom. The summed E-state index contributed by atoms with van der Waals surface area (Å²) in [5.74, 6) is -0.771. The summed E-state index contributed by atoms with van der Waals surface area (Å²) < 4.78 is 91.2. The smallest absolute Gasteiger partial charge is 0.267 e. The van der Waals surface area contributed by atoms with Crippen LogP contribution in [0.2, 0.25) is 0 Å². The Bertz CT molecular complexity index is 2990. The van der Waals surface area contributed by atoms with Crippen molar-refractivity contribution in [1.29, 1.82) is 0 Å². The molecule has 21 heteroatoms. The molecule has 2 aromatic carbocycles. The number of rotatable bonds is 15. The van der Waals surface area contributed by atoms with Gasteiger partial charge in [0.25, 0.3) is 10.0 Å². The van der Waals surface area contributed by atoms with Crippen molar-refractivity contribution >= 4 is 42.8 Å². The van der Waals surface area contributed by atoms with Gasteiger partial charge in [-0.2, -0.15) is 10.2 Å². The topological polar surface area (TPSA) is 220 Å². The number of methoxy groups -OCH3 is 2. The molecule has 4 aromatic heterocycles. The van der Waals surface area contributed by atoms with E-state index in [2.05, 4.69) is 24.9 Å². The van der Waals surface area contributed by atoms with Crippen LogP contribution in [0.5, 0.6) is 11.8 Å². The second-order valence-corrected chi connectivity index (χ2v) is 20.2. The van der Waals surface area contributed by atoms with Gasteiger partial charge in [0.05, 0.1) is 45.1 Å². The van der Waals surface area contributed by atoms with E-state index in [4.69, 9.17) is 26.2 Å². The number of pyridine rings is 2. The predicted molar refractivity (Wildman–Crippen MR) is 247 cm³/mol. The van der Waals surface area contributed by atoms with Crippen molar-refractivity contribution in [1.82, 2.24) is 34.3 Å². The number of halogens is 3. The highest BCUT2D eigenvalue weighted by atomic mass is 35.5. The van der Waals surface area contributed by atoms with Gasteiger partial charge in [-0.3, -0.25) is 19.0 Å². The molecule has 0 spiro atoms. The zero-order valence-electron chi connectivity index (χ0n) is 37.6. The van der Waals surface area contributed by atoms with E-state index in [1.807, 2.05) is 27.7 Å². The third-order valence-corrected chi connectivity index (χ3v) is 13.1. The van der Waals surface area contributed by atoms with Gasteiger partial charge < -0.3 is 9.47 Å². The van der Waals surface area contributed by atoms with E-state index in [-0.39, 0.29) is 46.3 Å². The minimum atomic E-state index is -4.08. The molecule has 2 fully saturated rings. The van der Waals surface area contributed by atoms with Gasteiger partial charge in [0.2, 0.25) is 32.9 Å². The Kier molecular flexibility index (Phi) is 16.0. The number of hydrogen-bond acceptors (Lipinski definition) is 12. The number of aromatic nitrogens is 6. The summed E-state index contributed by atoms with van der Waals surface area (Å²) in [4.78, 5) is 32.4. The summed E-state index contributed by atoms with van der Waals surface area (Å²) in [7, 11) is -4.66. The molecule has 3 N–H and O–H groups in total. The number of carbonyl (C=O) groups excluding carboxylic acids is 2. The number of carbonyl (C=O) groups is 2. The van der Waals surface area contributed by atoms with Gasteiger partial charge in [-0.1, -0.05) is 27.7 Å². The standard InChI is InChI=1S/C23H25FN4O4S.C17H17ClFNO2.C6H9N3O2S/c1-14(2)19-9-16(24)10-20(15-6-7-25-23(8-15)32-3)21(19)11-22(29)27-33(30,31)18-12-26-28(13-18)17-4-5-17;1-10(2)13-7-12(19)8-14(15(13)9-16(18)21)11-4-5-20-17(6-11)22-3;7-12(10,11)6-3-8-9(4-6)5-1-2-5/h6-10,12-14,17H,4-5,11H2,1-3H3,(H,27,29);4-8,10H,9H2,1-3H3;3-5H,1-2H2,(H2,7,10,11). The van der Waals surface area contributed by atoms with Gasteiger partial charge >= 0.3 is 0 Å². The SMILES string of the molecule is COc1cc(-c2cc(F)cc(C(C)C)c2CC(=O)Cl)ccn1.COc1cc(-c2cc(F)cc(C(C)C)c2CC(=O)NS(=O)(=O)c2cnn(C3CC3)c2)ccn1.NS(=O)(=O)c1cnn(C2CC2)c1. The molecule has 0 unspecified atom stereocenters. The summed E-state index contributed by atoms with van der Waals surface area (Å²) in [5.41, 5.74) is 5.15. The average Bonchev–Trinajstić information content (AvgIpc) is 4.20. The fourth-order valence-electron chi connectivity index (χ4n) is 7.18. The van der Waals surface area contributed by atoms with Crippen molar-refractivity contribution in [3.8, 4) is 34.0 Å². The quantitative estimate of drug-likeness (QED) is 0.0942. The lowest BCUT2D eigenvalue weighted by Gasteiger charge is -2.18. The Labute approximate surface area is 393 Å². The lowest BCUT2D eigenvalue weighted by atomic mass is 9.88. The maximum absolute atomic E-state index is 14.5. The number of nitrogens with two attached hydrogens (primary N) is 1. The van der Waals surface area contributed by atoms with Crippen molar-refractivity contribution < 1.29 is 44.7 Å². The minimum absolute atomic E-state index is 0.0509. The zero-order valence-corrected chi connectivity index (χ0v) is 40.0. The number of primary sulfonamides is 1. The van der Waals surface area contributed by atoms with E-state index >= 15 is 0 Å². The molecule has 2 aliphatic rings. The van der Waals surface area contributed by atoms with Gasteiger partial charge in [0.15, 0.2) is 0 Å². The summed E-state index contributed by atoms with van der Waals surface area (Å²) in [6.07, 6.45) is 12.4. The molecule has 0 bridgehead atoms. The largest absolute Gasteiger partial charge is 0.481 e. The van der Waals surface area contributed by atoms with E-state index in [1.54, 1.807) is 39.8 Å². The highest BCUT2D eigenvalue weighted by Crippen LogP contribution is 2.37. The van der Waals surface area contributed by atoms with E-state index in [0.717, 1.165) is 42.4 Å². The molecule has 0 saturated heterocycles. The summed E-state index contributed by atoms with van der Waals surface area (Å²) in [5, 5.41) is 12.4. The van der Waals surface area contributed by atoms with Gasteiger partial charge in [0.1, 0.15) is 21.4 Å². The summed E-state index contributed by atoms with van der Waals surface area (Å²) in [6.45, 7) is 7.67. The van der Waals surface area contributed by atoms with Crippen molar-refractivity contribution in [3.63, 3.8) is 0 Å². The molecule has 0 radical (unpaired) electrons. The molecule has 2 saturated carbocycles. The highest BCUT2D eigenvalue weighted by molar-refractivity contribution is 7.90. The first-order valence-electron chi connectivity index (χ1n) is 21.2. The number of hydrogen-bond donors (Lipinski definition) is 2. The van der Waals surface area contributed by atoms with Crippen molar-refractivity contribution in [3.05, 3.63) is 120 Å². The Balaban J connectivity index is 0.000000186. The predicted octanol–water partition coefficient (Wildman–Crippen LogP) is 7.79. The second-order valence-electron chi connectivity index (χ2n) is 16.6. The van der Waals surface area contributed by atoms with Crippen LogP contribution >= 0.6 is 11.6 Å². The number of nitrogens with one attached hydrogen (secondary N) is 1. The van der Waals surface area contributed by atoms with Crippen LogP contribution in [0.4, 0.5) is 8.78 Å². The van der Waals surface area contributed by atoms with Gasteiger partial charge in [-0.25, -0.2) is 45.4 Å². The monoisotopic (exact) mass is 980 g/mol. The van der Waals surface area contributed by atoms with Crippen molar-refractivity contribution in [2.75, 3.05) is 14.2 Å². The van der Waals surface area contributed by atoms with Gasteiger partial charge in [0, 0.05) is 43.3 Å². The molecular formula is C46H51ClF2N8O8S2. The number of amides is 1. The molecule has 1 amide bonds. The van der Waals surface area contributed by atoms with Crippen LogP contribution < -0.4 is 19.3 Å². The normalized spacial score (nSPS) is 13.6.